The maximum Gasteiger partial charge on any atom is 0.264 e. The smallest absolute Gasteiger partial charge is 0.264 e. The third kappa shape index (κ3) is 6.23. The second kappa shape index (κ2) is 10.5. The van der Waals surface area contributed by atoms with E-state index < -0.39 is 15.9 Å². The molecule has 0 unspecified atom stereocenters. The van der Waals surface area contributed by atoms with Crippen molar-refractivity contribution in [1.29, 1.82) is 0 Å². The Hall–Kier alpha value is -4.29. The van der Waals surface area contributed by atoms with Gasteiger partial charge in [0.05, 0.1) is 11.8 Å². The number of aromatic hydroxyl groups is 1. The van der Waals surface area contributed by atoms with Crippen LogP contribution in [0.2, 0.25) is 0 Å². The van der Waals surface area contributed by atoms with E-state index in [9.17, 15) is 23.1 Å². The topological polar surface area (TPSA) is 107 Å². The van der Waals surface area contributed by atoms with E-state index in [1.165, 1.54) is 0 Å². The molecule has 0 spiro atoms. The van der Waals surface area contributed by atoms with E-state index in [1.807, 2.05) is 16.9 Å². The number of nitrogens with zero attached hydrogens (tertiary/aromatic N) is 2. The number of nitrogens with one attached hydrogen (secondary N) is 1. The lowest BCUT2D eigenvalue weighted by Gasteiger charge is -2.36. The van der Waals surface area contributed by atoms with E-state index in [2.05, 4.69) is 16.7 Å². The average Bonchev–Trinajstić information content (AvgIpc) is 2.86. The fraction of sp³-hybridized carbons (Fsp3) is 0.185. The molecule has 4 rings (SSSR count). The number of phenols is 1. The van der Waals surface area contributed by atoms with Gasteiger partial charge in [0.15, 0.2) is 0 Å². The van der Waals surface area contributed by atoms with E-state index in [0.29, 0.717) is 42.9 Å². The van der Waals surface area contributed by atoms with Crippen LogP contribution in [0.3, 0.4) is 0 Å². The minimum absolute atomic E-state index is 0.0942. The third-order valence-electron chi connectivity index (χ3n) is 5.68. The Balaban J connectivity index is 1.41. The summed E-state index contributed by atoms with van der Waals surface area (Å²) in [6.07, 6.45) is 0.931. The van der Waals surface area contributed by atoms with Crippen molar-refractivity contribution in [1.82, 2.24) is 9.62 Å². The number of piperazine rings is 1. The quantitative estimate of drug-likeness (QED) is 0.530. The van der Waals surface area contributed by atoms with Gasteiger partial charge in [0.1, 0.15) is 5.75 Å². The minimum Gasteiger partial charge on any atom is -0.508 e. The van der Waals surface area contributed by atoms with Gasteiger partial charge < -0.3 is 14.9 Å². The molecular formula is C27H25N3O5S. The first-order valence-electron chi connectivity index (χ1n) is 11.3. The number of hydrogen-bond donors (Lipinski definition) is 2. The molecule has 1 aliphatic heterocycles. The van der Waals surface area contributed by atoms with Crippen LogP contribution in [0.1, 0.15) is 31.8 Å². The highest BCUT2D eigenvalue weighted by atomic mass is 32.2. The number of phenolic OH excluding ortho intramolecular Hbond substituents is 1. The van der Waals surface area contributed by atoms with Crippen LogP contribution in [0, 0.1) is 11.8 Å². The monoisotopic (exact) mass is 503 g/mol. The summed E-state index contributed by atoms with van der Waals surface area (Å²) in [4.78, 5) is 29.2. The van der Waals surface area contributed by atoms with E-state index in [-0.39, 0.29) is 17.2 Å². The second-order valence-corrected chi connectivity index (χ2v) is 10.1. The number of carbonyl (C=O) groups excluding carboxylic acids is 2. The molecule has 2 amide bonds. The van der Waals surface area contributed by atoms with Crippen LogP contribution < -0.4 is 9.62 Å². The largest absolute Gasteiger partial charge is 0.508 e. The van der Waals surface area contributed by atoms with Crippen LogP contribution in [-0.4, -0.2) is 62.7 Å². The van der Waals surface area contributed by atoms with Gasteiger partial charge in [-0.15, -0.1) is 0 Å². The van der Waals surface area contributed by atoms with Crippen molar-refractivity contribution in [3.8, 4) is 17.6 Å². The SMILES string of the molecule is CS(=O)(=O)NC(=O)c1ccc(N2CCN(C(=O)c3ccccc3C#Cc3cccc(O)c3)CC2)cc1. The fourth-order valence-electron chi connectivity index (χ4n) is 3.89. The molecule has 9 heteroatoms. The van der Waals surface area contributed by atoms with Crippen LogP contribution in [0.15, 0.2) is 72.8 Å². The van der Waals surface area contributed by atoms with E-state index >= 15 is 0 Å². The molecular weight excluding hydrogens is 478 g/mol. The molecule has 1 aliphatic rings. The van der Waals surface area contributed by atoms with Crippen molar-refractivity contribution >= 4 is 27.5 Å². The predicted molar refractivity (Wildman–Crippen MR) is 137 cm³/mol. The first-order valence-corrected chi connectivity index (χ1v) is 13.2. The maximum atomic E-state index is 13.3. The summed E-state index contributed by atoms with van der Waals surface area (Å²) in [5, 5.41) is 9.63. The zero-order valence-corrected chi connectivity index (χ0v) is 20.5. The Morgan fingerprint density at radius 3 is 2.25 bits per heavy atom. The van der Waals surface area contributed by atoms with Crippen molar-refractivity contribution in [2.75, 3.05) is 37.3 Å². The molecule has 0 bridgehead atoms. The van der Waals surface area contributed by atoms with Gasteiger partial charge in [0.2, 0.25) is 10.0 Å². The van der Waals surface area contributed by atoms with Crippen molar-refractivity contribution in [3.05, 3.63) is 95.1 Å². The molecule has 0 saturated carbocycles. The molecule has 0 aromatic heterocycles. The maximum absolute atomic E-state index is 13.3. The second-order valence-electron chi connectivity index (χ2n) is 8.38. The summed E-state index contributed by atoms with van der Waals surface area (Å²) in [5.41, 5.74) is 2.94. The molecule has 3 aromatic rings. The first kappa shape index (κ1) is 24.8. The van der Waals surface area contributed by atoms with Crippen molar-refractivity contribution in [2.24, 2.45) is 0 Å². The average molecular weight is 504 g/mol. The highest BCUT2D eigenvalue weighted by molar-refractivity contribution is 7.89. The summed E-state index contributed by atoms with van der Waals surface area (Å²) in [5.74, 6) is 5.42. The molecule has 184 valence electrons. The lowest BCUT2D eigenvalue weighted by molar-refractivity contribution is 0.0746. The number of sulfonamides is 1. The lowest BCUT2D eigenvalue weighted by atomic mass is 10.1. The van der Waals surface area contributed by atoms with Gasteiger partial charge in [0.25, 0.3) is 11.8 Å². The fourth-order valence-corrected chi connectivity index (χ4v) is 4.35. The van der Waals surface area contributed by atoms with Gasteiger partial charge in [-0.1, -0.05) is 30.0 Å². The van der Waals surface area contributed by atoms with Crippen LogP contribution in [0.5, 0.6) is 5.75 Å². The van der Waals surface area contributed by atoms with Crippen molar-refractivity contribution in [3.63, 3.8) is 0 Å². The van der Waals surface area contributed by atoms with Gasteiger partial charge in [-0.25, -0.2) is 13.1 Å². The van der Waals surface area contributed by atoms with Crippen molar-refractivity contribution in [2.45, 2.75) is 0 Å². The van der Waals surface area contributed by atoms with E-state index in [0.717, 1.165) is 11.9 Å². The molecule has 0 atom stereocenters. The lowest BCUT2D eigenvalue weighted by Crippen LogP contribution is -2.49. The molecule has 1 fully saturated rings. The number of carbonyl (C=O) groups is 2. The Morgan fingerprint density at radius 2 is 1.58 bits per heavy atom. The molecule has 0 radical (unpaired) electrons. The summed E-state index contributed by atoms with van der Waals surface area (Å²) in [7, 11) is -3.63. The number of anilines is 1. The van der Waals surface area contributed by atoms with Crippen LogP contribution in [0.25, 0.3) is 0 Å². The standard InChI is InChI=1S/C27H25N3O5S/c1-36(34,35)28-26(32)22-11-13-23(14-12-22)29-15-17-30(18-16-29)27(33)25-8-3-2-6-21(25)10-9-20-5-4-7-24(31)19-20/h2-8,11-14,19,31H,15-18H2,1H3,(H,28,32). The Bertz CT molecular complexity index is 1450. The molecule has 0 aliphatic carbocycles. The van der Waals surface area contributed by atoms with Crippen LogP contribution in [-0.2, 0) is 10.0 Å². The summed E-state index contributed by atoms with van der Waals surface area (Å²) < 4.78 is 24.5. The van der Waals surface area contributed by atoms with Crippen LogP contribution in [0.4, 0.5) is 5.69 Å². The molecule has 1 saturated heterocycles. The van der Waals surface area contributed by atoms with Gasteiger partial charge >= 0.3 is 0 Å². The van der Waals surface area contributed by atoms with Gasteiger partial charge in [-0.2, -0.15) is 0 Å². The molecule has 1 heterocycles. The molecule has 2 N–H and O–H groups in total. The molecule has 8 nitrogen and oxygen atoms in total. The van der Waals surface area contributed by atoms with Crippen LogP contribution >= 0.6 is 0 Å². The number of rotatable bonds is 4. The summed E-state index contributed by atoms with van der Waals surface area (Å²) in [6, 6.07) is 20.6. The normalized spacial score (nSPS) is 13.5. The van der Waals surface area contributed by atoms with Gasteiger partial charge in [-0.05, 0) is 54.6 Å². The summed E-state index contributed by atoms with van der Waals surface area (Å²) >= 11 is 0. The number of hydrogen-bond acceptors (Lipinski definition) is 6. The minimum atomic E-state index is -3.63. The van der Waals surface area contributed by atoms with E-state index in [4.69, 9.17) is 0 Å². The Kier molecular flexibility index (Phi) is 7.27. The number of amides is 2. The summed E-state index contributed by atoms with van der Waals surface area (Å²) in [6.45, 7) is 2.25. The zero-order valence-electron chi connectivity index (χ0n) is 19.6. The highest BCUT2D eigenvalue weighted by Gasteiger charge is 2.24. The zero-order chi connectivity index (χ0) is 25.7. The van der Waals surface area contributed by atoms with Gasteiger partial charge in [0, 0.05) is 48.6 Å². The van der Waals surface area contributed by atoms with E-state index in [1.54, 1.807) is 65.6 Å². The molecule has 36 heavy (non-hydrogen) atoms. The Labute approximate surface area is 210 Å². The third-order valence-corrected chi connectivity index (χ3v) is 6.24. The number of benzene rings is 3. The van der Waals surface area contributed by atoms with Gasteiger partial charge in [-0.3, -0.25) is 9.59 Å². The first-order chi connectivity index (χ1) is 17.2. The molecule has 3 aromatic carbocycles. The van der Waals surface area contributed by atoms with Crippen molar-refractivity contribution < 1.29 is 23.1 Å². The highest BCUT2D eigenvalue weighted by Crippen LogP contribution is 2.20. The Morgan fingerprint density at radius 1 is 0.889 bits per heavy atom. The predicted octanol–water partition coefficient (Wildman–Crippen LogP) is 2.44.